The van der Waals surface area contributed by atoms with Crippen LogP contribution < -0.4 is 10.2 Å². The first-order valence-corrected chi connectivity index (χ1v) is 7.61. The van der Waals surface area contributed by atoms with Crippen LogP contribution >= 0.6 is 23.2 Å². The first kappa shape index (κ1) is 17.2. The number of pyridine rings is 1. The molecule has 2 amide bonds. The summed E-state index contributed by atoms with van der Waals surface area (Å²) >= 11 is 12.0. The van der Waals surface area contributed by atoms with Crippen LogP contribution in [0, 0.1) is 0 Å². The Hall–Kier alpha value is -2.11. The molecule has 7 heteroatoms. The highest BCUT2D eigenvalue weighted by Gasteiger charge is 2.18. The normalized spacial score (nSPS) is 10.2. The fraction of sp³-hybridized carbons (Fsp3) is 0.188. The van der Waals surface area contributed by atoms with Gasteiger partial charge in [-0.3, -0.25) is 14.6 Å². The molecule has 0 bridgehead atoms. The van der Waals surface area contributed by atoms with Crippen molar-refractivity contribution >= 4 is 40.7 Å². The zero-order valence-electron chi connectivity index (χ0n) is 12.4. The number of rotatable bonds is 5. The minimum absolute atomic E-state index is 0.138. The van der Waals surface area contributed by atoms with Crippen LogP contribution in [0.5, 0.6) is 0 Å². The summed E-state index contributed by atoms with van der Waals surface area (Å²) in [6, 6.07) is 8.37. The molecule has 0 saturated heterocycles. The average molecular weight is 352 g/mol. The van der Waals surface area contributed by atoms with Crippen LogP contribution in [0.15, 0.2) is 42.7 Å². The maximum Gasteiger partial charge on any atom is 0.240 e. The third kappa shape index (κ3) is 4.94. The quantitative estimate of drug-likeness (QED) is 0.900. The minimum atomic E-state index is -0.298. The predicted octanol–water partition coefficient (Wildman–Crippen LogP) is 3.06. The number of benzene rings is 1. The average Bonchev–Trinajstić information content (AvgIpc) is 2.54. The Bertz CT molecular complexity index is 708. The SMILES string of the molecule is CC(=O)N(CC(=O)NCc1ccncc1)c1cc(Cl)ccc1Cl. The zero-order chi connectivity index (χ0) is 16.8. The largest absolute Gasteiger partial charge is 0.350 e. The summed E-state index contributed by atoms with van der Waals surface area (Å²) in [5, 5.41) is 3.54. The summed E-state index contributed by atoms with van der Waals surface area (Å²) in [4.78, 5) is 29.2. The Morgan fingerprint density at radius 3 is 2.52 bits per heavy atom. The number of halogens is 2. The van der Waals surface area contributed by atoms with E-state index in [0.29, 0.717) is 22.3 Å². The van der Waals surface area contributed by atoms with Gasteiger partial charge in [0, 0.05) is 30.9 Å². The maximum atomic E-state index is 12.1. The molecule has 0 aliphatic heterocycles. The number of aromatic nitrogens is 1. The predicted molar refractivity (Wildman–Crippen MR) is 90.6 cm³/mol. The van der Waals surface area contributed by atoms with Crippen molar-refractivity contribution in [3.8, 4) is 0 Å². The third-order valence-electron chi connectivity index (χ3n) is 3.12. The highest BCUT2D eigenvalue weighted by Crippen LogP contribution is 2.29. The smallest absolute Gasteiger partial charge is 0.240 e. The number of carbonyl (C=O) groups is 2. The summed E-state index contributed by atoms with van der Waals surface area (Å²) in [5.74, 6) is -0.596. The first-order chi connectivity index (χ1) is 11.0. The lowest BCUT2D eigenvalue weighted by Gasteiger charge is -2.22. The van der Waals surface area contributed by atoms with E-state index >= 15 is 0 Å². The third-order valence-corrected chi connectivity index (χ3v) is 3.67. The van der Waals surface area contributed by atoms with Gasteiger partial charge in [0.25, 0.3) is 0 Å². The standard InChI is InChI=1S/C16H15Cl2N3O2/c1-11(22)21(15-8-13(17)2-3-14(15)18)10-16(23)20-9-12-4-6-19-7-5-12/h2-8H,9-10H2,1H3,(H,20,23). The van der Waals surface area contributed by atoms with Crippen LogP contribution in [0.25, 0.3) is 0 Å². The van der Waals surface area contributed by atoms with Gasteiger partial charge in [-0.15, -0.1) is 0 Å². The lowest BCUT2D eigenvalue weighted by atomic mass is 10.2. The molecular formula is C16H15Cl2N3O2. The fourth-order valence-corrected chi connectivity index (χ4v) is 2.35. The topological polar surface area (TPSA) is 62.3 Å². The number of hydrogen-bond donors (Lipinski definition) is 1. The van der Waals surface area contributed by atoms with Crippen LogP contribution in [0.2, 0.25) is 10.0 Å². The Morgan fingerprint density at radius 1 is 1.17 bits per heavy atom. The summed E-state index contributed by atoms with van der Waals surface area (Å²) in [6.45, 7) is 1.59. The van der Waals surface area contributed by atoms with Crippen molar-refractivity contribution in [2.75, 3.05) is 11.4 Å². The minimum Gasteiger partial charge on any atom is -0.350 e. The molecule has 1 aromatic carbocycles. The number of nitrogens with zero attached hydrogens (tertiary/aromatic N) is 2. The van der Waals surface area contributed by atoms with Crippen molar-refractivity contribution in [1.82, 2.24) is 10.3 Å². The molecule has 120 valence electrons. The number of anilines is 1. The van der Waals surface area contributed by atoms with Crippen LogP contribution in [0.4, 0.5) is 5.69 Å². The molecule has 0 unspecified atom stereocenters. The molecule has 1 aromatic heterocycles. The fourth-order valence-electron chi connectivity index (χ4n) is 1.96. The Balaban J connectivity index is 2.06. The molecule has 0 fully saturated rings. The Morgan fingerprint density at radius 2 is 1.87 bits per heavy atom. The van der Waals surface area contributed by atoms with Crippen molar-refractivity contribution in [3.63, 3.8) is 0 Å². The number of carbonyl (C=O) groups excluding carboxylic acids is 2. The van der Waals surface area contributed by atoms with Gasteiger partial charge in [0.1, 0.15) is 6.54 Å². The van der Waals surface area contributed by atoms with Crippen LogP contribution in [-0.4, -0.2) is 23.3 Å². The number of hydrogen-bond acceptors (Lipinski definition) is 3. The summed E-state index contributed by atoms with van der Waals surface area (Å²) < 4.78 is 0. The molecule has 23 heavy (non-hydrogen) atoms. The zero-order valence-corrected chi connectivity index (χ0v) is 13.9. The Kier molecular flexibility index (Phi) is 5.96. The van der Waals surface area contributed by atoms with E-state index in [1.54, 1.807) is 42.7 Å². The van der Waals surface area contributed by atoms with Crippen LogP contribution in [0.1, 0.15) is 12.5 Å². The molecule has 0 atom stereocenters. The molecule has 1 N–H and O–H groups in total. The first-order valence-electron chi connectivity index (χ1n) is 6.86. The molecule has 2 aromatic rings. The van der Waals surface area contributed by atoms with E-state index in [1.165, 1.54) is 11.8 Å². The lowest BCUT2D eigenvalue weighted by molar-refractivity contribution is -0.123. The van der Waals surface area contributed by atoms with Crippen LogP contribution in [-0.2, 0) is 16.1 Å². The van der Waals surface area contributed by atoms with Gasteiger partial charge < -0.3 is 10.2 Å². The Labute approximate surface area is 144 Å². The van der Waals surface area contributed by atoms with E-state index in [1.807, 2.05) is 0 Å². The van der Waals surface area contributed by atoms with Gasteiger partial charge in [-0.25, -0.2) is 0 Å². The van der Waals surface area contributed by atoms with Crippen molar-refractivity contribution in [2.24, 2.45) is 0 Å². The number of nitrogens with one attached hydrogen (secondary N) is 1. The van der Waals surface area contributed by atoms with Gasteiger partial charge in [-0.05, 0) is 35.9 Å². The van der Waals surface area contributed by atoms with E-state index in [4.69, 9.17) is 23.2 Å². The monoisotopic (exact) mass is 351 g/mol. The van der Waals surface area contributed by atoms with Crippen LogP contribution in [0.3, 0.4) is 0 Å². The highest BCUT2D eigenvalue weighted by molar-refractivity contribution is 6.35. The van der Waals surface area contributed by atoms with E-state index in [-0.39, 0.29) is 18.4 Å². The van der Waals surface area contributed by atoms with Gasteiger partial charge in [-0.1, -0.05) is 23.2 Å². The molecule has 0 aliphatic carbocycles. The van der Waals surface area contributed by atoms with Gasteiger partial charge in [-0.2, -0.15) is 0 Å². The van der Waals surface area contributed by atoms with Crippen molar-refractivity contribution in [3.05, 3.63) is 58.3 Å². The van der Waals surface area contributed by atoms with Crippen molar-refractivity contribution in [1.29, 1.82) is 0 Å². The lowest BCUT2D eigenvalue weighted by Crippen LogP contribution is -2.39. The second-order valence-electron chi connectivity index (χ2n) is 4.83. The second kappa shape index (κ2) is 7.94. The van der Waals surface area contributed by atoms with E-state index in [0.717, 1.165) is 5.56 Å². The summed E-state index contributed by atoms with van der Waals surface area (Å²) in [5.41, 5.74) is 1.33. The van der Waals surface area contributed by atoms with E-state index < -0.39 is 0 Å². The maximum absolute atomic E-state index is 12.1. The summed E-state index contributed by atoms with van der Waals surface area (Å²) in [7, 11) is 0. The van der Waals surface area contributed by atoms with Crippen molar-refractivity contribution in [2.45, 2.75) is 13.5 Å². The molecular weight excluding hydrogens is 337 g/mol. The molecule has 0 saturated carbocycles. The molecule has 5 nitrogen and oxygen atoms in total. The van der Waals surface area contributed by atoms with Gasteiger partial charge in [0.05, 0.1) is 10.7 Å². The molecule has 1 heterocycles. The molecule has 0 spiro atoms. The molecule has 2 rings (SSSR count). The highest BCUT2D eigenvalue weighted by atomic mass is 35.5. The van der Waals surface area contributed by atoms with E-state index in [9.17, 15) is 9.59 Å². The van der Waals surface area contributed by atoms with Gasteiger partial charge in [0.15, 0.2) is 0 Å². The van der Waals surface area contributed by atoms with Gasteiger partial charge >= 0.3 is 0 Å². The second-order valence-corrected chi connectivity index (χ2v) is 5.68. The van der Waals surface area contributed by atoms with Gasteiger partial charge in [0.2, 0.25) is 11.8 Å². The molecule has 0 aliphatic rings. The number of amides is 2. The summed E-state index contributed by atoms with van der Waals surface area (Å²) in [6.07, 6.45) is 3.30. The molecule has 0 radical (unpaired) electrons. The van der Waals surface area contributed by atoms with E-state index in [2.05, 4.69) is 10.3 Å². The van der Waals surface area contributed by atoms with Crippen molar-refractivity contribution < 1.29 is 9.59 Å².